The first-order valence-corrected chi connectivity index (χ1v) is 7.47. The summed E-state index contributed by atoms with van der Waals surface area (Å²) in [6.07, 6.45) is 0. The highest BCUT2D eigenvalue weighted by Crippen LogP contribution is 2.33. The van der Waals surface area contributed by atoms with Gasteiger partial charge in [-0.3, -0.25) is 0 Å². The maximum Gasteiger partial charge on any atom is 0.210 e. The summed E-state index contributed by atoms with van der Waals surface area (Å²) < 4.78 is 44.1. The highest BCUT2D eigenvalue weighted by Gasteiger charge is 2.26. The van der Waals surface area contributed by atoms with Crippen molar-refractivity contribution < 1.29 is 17.2 Å². The Kier molecular flexibility index (Phi) is 2.87. The van der Waals surface area contributed by atoms with Crippen molar-refractivity contribution in [1.29, 1.82) is 0 Å². The zero-order chi connectivity index (χ0) is 14.3. The van der Waals surface area contributed by atoms with Crippen molar-refractivity contribution in [3.05, 3.63) is 60.1 Å². The molecule has 0 radical (unpaired) electrons. The van der Waals surface area contributed by atoms with E-state index in [1.54, 1.807) is 25.1 Å². The maximum atomic E-state index is 13.4. The Balaban J connectivity index is 2.35. The predicted molar refractivity (Wildman–Crippen MR) is 72.8 cm³/mol. The lowest BCUT2D eigenvalue weighted by Gasteiger charge is -2.03. The fourth-order valence-electron chi connectivity index (χ4n) is 2.22. The molecule has 1 heterocycles. The van der Waals surface area contributed by atoms with Gasteiger partial charge in [-0.2, -0.15) is 0 Å². The number of rotatable bonds is 2. The Morgan fingerprint density at radius 2 is 1.75 bits per heavy atom. The Morgan fingerprint density at radius 1 is 1.05 bits per heavy atom. The van der Waals surface area contributed by atoms with Crippen LogP contribution in [0.4, 0.5) is 4.39 Å². The molecule has 5 heteroatoms. The fourth-order valence-corrected chi connectivity index (χ4v) is 3.84. The van der Waals surface area contributed by atoms with Crippen molar-refractivity contribution in [3.63, 3.8) is 0 Å². The predicted octanol–water partition coefficient (Wildman–Crippen LogP) is 3.71. The lowest BCUT2D eigenvalue weighted by atomic mass is 10.2. The third-order valence-electron chi connectivity index (χ3n) is 3.09. The van der Waals surface area contributed by atoms with Crippen molar-refractivity contribution in [3.8, 4) is 0 Å². The second kappa shape index (κ2) is 4.45. The van der Waals surface area contributed by atoms with E-state index in [4.69, 9.17) is 4.42 Å². The van der Waals surface area contributed by atoms with Crippen molar-refractivity contribution in [1.82, 2.24) is 0 Å². The number of hydrogen-bond donors (Lipinski definition) is 0. The standard InChI is InChI=1S/C15H11FO3S/c1-10-15(13-9-11(16)7-8-14(13)19-10)20(17,18)12-5-3-2-4-6-12/h2-9H,1H3. The molecule has 0 saturated heterocycles. The van der Waals surface area contributed by atoms with E-state index in [-0.39, 0.29) is 20.9 Å². The van der Waals surface area contributed by atoms with Gasteiger partial charge in [0.05, 0.1) is 4.90 Å². The number of aryl methyl sites for hydroxylation is 1. The molecule has 0 unspecified atom stereocenters. The number of benzene rings is 2. The minimum Gasteiger partial charge on any atom is -0.460 e. The Morgan fingerprint density at radius 3 is 2.45 bits per heavy atom. The summed E-state index contributed by atoms with van der Waals surface area (Å²) in [4.78, 5) is 0.188. The maximum absolute atomic E-state index is 13.4. The van der Waals surface area contributed by atoms with E-state index in [0.29, 0.717) is 5.58 Å². The van der Waals surface area contributed by atoms with Crippen LogP contribution in [0, 0.1) is 12.7 Å². The molecule has 0 aliphatic heterocycles. The third-order valence-corrected chi connectivity index (χ3v) is 5.03. The molecule has 3 nitrogen and oxygen atoms in total. The van der Waals surface area contributed by atoms with E-state index in [1.807, 2.05) is 0 Å². The number of halogens is 1. The summed E-state index contributed by atoms with van der Waals surface area (Å²) in [6, 6.07) is 11.9. The summed E-state index contributed by atoms with van der Waals surface area (Å²) >= 11 is 0. The number of furan rings is 1. The van der Waals surface area contributed by atoms with Gasteiger partial charge in [0.25, 0.3) is 0 Å². The molecule has 0 fully saturated rings. The van der Waals surface area contributed by atoms with E-state index in [2.05, 4.69) is 0 Å². The molecule has 0 bridgehead atoms. The van der Waals surface area contributed by atoms with Gasteiger partial charge in [0.2, 0.25) is 9.84 Å². The zero-order valence-electron chi connectivity index (χ0n) is 10.6. The molecular weight excluding hydrogens is 279 g/mol. The van der Waals surface area contributed by atoms with Crippen LogP contribution in [0.3, 0.4) is 0 Å². The van der Waals surface area contributed by atoms with Crippen LogP contribution in [0.2, 0.25) is 0 Å². The Labute approximate surface area is 115 Å². The normalized spacial score (nSPS) is 11.9. The highest BCUT2D eigenvalue weighted by atomic mass is 32.2. The first-order valence-electron chi connectivity index (χ1n) is 5.99. The number of fused-ring (bicyclic) bond motifs is 1. The second-order valence-corrected chi connectivity index (χ2v) is 6.33. The topological polar surface area (TPSA) is 47.3 Å². The summed E-state index contributed by atoms with van der Waals surface area (Å²) in [7, 11) is -3.73. The van der Waals surface area contributed by atoms with Crippen molar-refractivity contribution in [2.24, 2.45) is 0 Å². The number of hydrogen-bond acceptors (Lipinski definition) is 3. The van der Waals surface area contributed by atoms with Crippen LogP contribution in [-0.4, -0.2) is 8.42 Å². The van der Waals surface area contributed by atoms with E-state index < -0.39 is 15.7 Å². The molecule has 0 amide bonds. The Hall–Kier alpha value is -2.14. The van der Waals surface area contributed by atoms with Gasteiger partial charge in [-0.05, 0) is 37.3 Å². The Bertz CT molecular complexity index is 880. The average Bonchev–Trinajstić information content (AvgIpc) is 2.75. The van der Waals surface area contributed by atoms with Crippen LogP contribution in [0.15, 0.2) is 62.7 Å². The van der Waals surface area contributed by atoms with Gasteiger partial charge in [0, 0.05) is 5.39 Å². The average molecular weight is 290 g/mol. The van der Waals surface area contributed by atoms with Gasteiger partial charge in [-0.1, -0.05) is 18.2 Å². The summed E-state index contributed by atoms with van der Waals surface area (Å²) in [5.41, 5.74) is 0.360. The molecule has 0 saturated carbocycles. The summed E-state index contributed by atoms with van der Waals surface area (Å²) in [6.45, 7) is 1.56. The monoisotopic (exact) mass is 290 g/mol. The number of sulfone groups is 1. The van der Waals surface area contributed by atoms with E-state index in [0.717, 1.165) is 0 Å². The van der Waals surface area contributed by atoms with Crippen LogP contribution < -0.4 is 0 Å². The zero-order valence-corrected chi connectivity index (χ0v) is 11.4. The van der Waals surface area contributed by atoms with Crippen LogP contribution in [0.5, 0.6) is 0 Å². The molecule has 3 rings (SSSR count). The van der Waals surface area contributed by atoms with Gasteiger partial charge in [0.1, 0.15) is 22.1 Å². The first kappa shape index (κ1) is 12.9. The molecule has 20 heavy (non-hydrogen) atoms. The highest BCUT2D eigenvalue weighted by molar-refractivity contribution is 7.91. The van der Waals surface area contributed by atoms with Crippen molar-refractivity contribution >= 4 is 20.8 Å². The summed E-state index contributed by atoms with van der Waals surface area (Å²) in [5, 5.41) is 0.270. The molecule has 102 valence electrons. The molecular formula is C15H11FO3S. The van der Waals surface area contributed by atoms with Gasteiger partial charge in [0.15, 0.2) is 0 Å². The minimum absolute atomic E-state index is 0.0261. The van der Waals surface area contributed by atoms with E-state index in [9.17, 15) is 12.8 Å². The molecule has 0 aliphatic carbocycles. The third kappa shape index (κ3) is 1.91. The largest absolute Gasteiger partial charge is 0.460 e. The summed E-state index contributed by atoms with van der Waals surface area (Å²) in [5.74, 6) is -0.239. The molecule has 0 spiro atoms. The first-order chi connectivity index (χ1) is 9.50. The molecule has 1 aromatic heterocycles. The lowest BCUT2D eigenvalue weighted by molar-refractivity contribution is 0.557. The quantitative estimate of drug-likeness (QED) is 0.722. The molecule has 2 aromatic carbocycles. The SMILES string of the molecule is Cc1oc2ccc(F)cc2c1S(=O)(=O)c1ccccc1. The van der Waals surface area contributed by atoms with Gasteiger partial charge in [-0.25, -0.2) is 12.8 Å². The van der Waals surface area contributed by atoms with Crippen LogP contribution in [-0.2, 0) is 9.84 Å². The molecule has 0 N–H and O–H groups in total. The second-order valence-electron chi connectivity index (χ2n) is 4.44. The smallest absolute Gasteiger partial charge is 0.210 e. The lowest BCUT2D eigenvalue weighted by Crippen LogP contribution is -2.02. The van der Waals surface area contributed by atoms with Gasteiger partial charge < -0.3 is 4.42 Å². The van der Waals surface area contributed by atoms with Crippen molar-refractivity contribution in [2.75, 3.05) is 0 Å². The molecule has 0 aliphatic rings. The van der Waals surface area contributed by atoms with Crippen LogP contribution >= 0.6 is 0 Å². The molecule has 0 atom stereocenters. The molecule has 3 aromatic rings. The van der Waals surface area contributed by atoms with Gasteiger partial charge >= 0.3 is 0 Å². The van der Waals surface area contributed by atoms with E-state index in [1.165, 1.54) is 30.3 Å². The van der Waals surface area contributed by atoms with Crippen LogP contribution in [0.25, 0.3) is 11.0 Å². The fraction of sp³-hybridized carbons (Fsp3) is 0.0667. The minimum atomic E-state index is -3.73. The van der Waals surface area contributed by atoms with E-state index >= 15 is 0 Å². The van der Waals surface area contributed by atoms with Crippen molar-refractivity contribution in [2.45, 2.75) is 16.7 Å². The van der Waals surface area contributed by atoms with Crippen LogP contribution in [0.1, 0.15) is 5.76 Å². The van der Waals surface area contributed by atoms with Gasteiger partial charge in [-0.15, -0.1) is 0 Å².